The largest absolute Gasteiger partial charge is 0.325 e. The average molecular weight is 399 g/mol. The molecule has 132 valence electrons. The maximum Gasteiger partial charge on any atom is 0.325 e. The highest BCUT2D eigenvalue weighted by atomic mass is 35.5. The molecule has 0 aromatic carbocycles. The van der Waals surface area contributed by atoms with Crippen LogP contribution in [0.3, 0.4) is 0 Å². The lowest BCUT2D eigenvalue weighted by Gasteiger charge is -2.04. The van der Waals surface area contributed by atoms with E-state index < -0.39 is 10.1 Å². The second kappa shape index (κ2) is 10.5. The SMILES string of the molecule is C=C(S)C(=C\C=C(/C)Cl)/N=C(C)\C(C=C(C#N)C#N)=N\OS(C)(=O)=O. The highest BCUT2D eigenvalue weighted by Crippen LogP contribution is 2.15. The van der Waals surface area contributed by atoms with E-state index in [-0.39, 0.29) is 17.0 Å². The highest BCUT2D eigenvalue weighted by molar-refractivity contribution is 7.86. The van der Waals surface area contributed by atoms with E-state index in [2.05, 4.69) is 33.6 Å². The van der Waals surface area contributed by atoms with Crippen molar-refractivity contribution in [3.8, 4) is 12.1 Å². The normalized spacial score (nSPS) is 13.6. The van der Waals surface area contributed by atoms with Gasteiger partial charge in [-0.05, 0) is 32.1 Å². The summed E-state index contributed by atoms with van der Waals surface area (Å²) in [6.45, 7) is 6.80. The molecule has 0 aliphatic rings. The Hall–Kier alpha value is -2.33. The van der Waals surface area contributed by atoms with Crippen LogP contribution in [0.2, 0.25) is 0 Å². The van der Waals surface area contributed by atoms with Gasteiger partial charge in [-0.2, -0.15) is 18.9 Å². The fourth-order valence-corrected chi connectivity index (χ4v) is 1.56. The molecule has 0 heterocycles. The molecule has 0 aromatic heterocycles. The number of halogens is 1. The molecule has 0 unspecified atom stereocenters. The van der Waals surface area contributed by atoms with Crippen LogP contribution < -0.4 is 0 Å². The van der Waals surface area contributed by atoms with Crippen molar-refractivity contribution >= 4 is 45.8 Å². The van der Waals surface area contributed by atoms with Crippen molar-refractivity contribution in [3.05, 3.63) is 46.0 Å². The standard InChI is InChI=1S/C15H15ClN4O3S2/c1-10(16)5-6-14(12(3)24)19-11(2)15(7-13(8-17)9-18)20-23-25(4,21)22/h5-7,24H,3H2,1-2,4H3/b10-5+,14-6+,19-11-,20-15+. The fourth-order valence-electron chi connectivity index (χ4n) is 1.16. The zero-order chi connectivity index (χ0) is 19.6. The zero-order valence-corrected chi connectivity index (χ0v) is 16.2. The molecule has 0 rings (SSSR count). The Balaban J connectivity index is 6.18. The minimum atomic E-state index is -3.88. The average Bonchev–Trinajstić information content (AvgIpc) is 2.50. The van der Waals surface area contributed by atoms with Crippen molar-refractivity contribution in [1.29, 1.82) is 10.5 Å². The third-order valence-electron chi connectivity index (χ3n) is 2.22. The molecule has 7 nitrogen and oxygen atoms in total. The van der Waals surface area contributed by atoms with E-state index in [1.54, 1.807) is 25.1 Å². The molecule has 0 aromatic rings. The van der Waals surface area contributed by atoms with Crippen molar-refractivity contribution in [3.63, 3.8) is 0 Å². The van der Waals surface area contributed by atoms with Gasteiger partial charge in [-0.25, -0.2) is 0 Å². The highest BCUT2D eigenvalue weighted by Gasteiger charge is 2.09. The van der Waals surface area contributed by atoms with Crippen LogP contribution >= 0.6 is 24.2 Å². The molecule has 0 fully saturated rings. The van der Waals surface area contributed by atoms with Crippen molar-refractivity contribution in [2.75, 3.05) is 6.26 Å². The first-order chi connectivity index (χ1) is 11.5. The molecule has 0 aliphatic heterocycles. The van der Waals surface area contributed by atoms with Gasteiger partial charge in [-0.3, -0.25) is 9.28 Å². The Morgan fingerprint density at radius 2 is 1.84 bits per heavy atom. The summed E-state index contributed by atoms with van der Waals surface area (Å²) in [7, 11) is -3.88. The number of thiol groups is 1. The van der Waals surface area contributed by atoms with Crippen LogP contribution in [0.4, 0.5) is 0 Å². The van der Waals surface area contributed by atoms with Gasteiger partial charge in [0.25, 0.3) is 0 Å². The van der Waals surface area contributed by atoms with Crippen molar-refractivity contribution < 1.29 is 12.7 Å². The monoisotopic (exact) mass is 398 g/mol. The van der Waals surface area contributed by atoms with Gasteiger partial charge in [0.2, 0.25) is 0 Å². The van der Waals surface area contributed by atoms with E-state index in [1.165, 1.54) is 13.0 Å². The molecule has 0 N–H and O–H groups in total. The van der Waals surface area contributed by atoms with Crippen LogP contribution in [-0.4, -0.2) is 26.1 Å². The lowest BCUT2D eigenvalue weighted by Crippen LogP contribution is -2.11. The van der Waals surface area contributed by atoms with Crippen LogP contribution in [0.25, 0.3) is 0 Å². The number of aliphatic imine (C=N–C) groups is 1. The van der Waals surface area contributed by atoms with E-state index in [1.807, 2.05) is 0 Å². The molecule has 0 saturated heterocycles. The van der Waals surface area contributed by atoms with Gasteiger partial charge < -0.3 is 0 Å². The van der Waals surface area contributed by atoms with Crippen molar-refractivity contribution in [1.82, 2.24) is 0 Å². The molecule has 10 heteroatoms. The molecular weight excluding hydrogens is 384 g/mol. The van der Waals surface area contributed by atoms with Crippen LogP contribution in [0, 0.1) is 22.7 Å². The number of hydrogen-bond donors (Lipinski definition) is 1. The molecule has 0 bridgehead atoms. The Morgan fingerprint density at radius 1 is 1.28 bits per heavy atom. The molecule has 0 atom stereocenters. The molecule has 0 aliphatic carbocycles. The Bertz CT molecular complexity index is 863. The molecule has 0 spiro atoms. The summed E-state index contributed by atoms with van der Waals surface area (Å²) in [4.78, 5) is 4.51. The first-order valence-corrected chi connectivity index (χ1v) is 9.10. The number of rotatable bonds is 7. The third-order valence-corrected chi connectivity index (χ3v) is 2.92. The first kappa shape index (κ1) is 22.7. The van der Waals surface area contributed by atoms with Gasteiger partial charge in [-0.1, -0.05) is 23.3 Å². The maximum absolute atomic E-state index is 11.1. The minimum Gasteiger partial charge on any atom is -0.268 e. The molecule has 25 heavy (non-hydrogen) atoms. The predicted octanol–water partition coefficient (Wildman–Crippen LogP) is 3.22. The summed E-state index contributed by atoms with van der Waals surface area (Å²) >= 11 is 9.87. The fraction of sp³-hybridized carbons (Fsp3) is 0.200. The van der Waals surface area contributed by atoms with E-state index in [9.17, 15) is 8.42 Å². The summed E-state index contributed by atoms with van der Waals surface area (Å²) in [6, 6.07) is 3.27. The van der Waals surface area contributed by atoms with Crippen molar-refractivity contribution in [2.45, 2.75) is 13.8 Å². The quantitative estimate of drug-likeness (QED) is 0.232. The lowest BCUT2D eigenvalue weighted by molar-refractivity contribution is 0.344. The second-order valence-electron chi connectivity index (χ2n) is 4.49. The summed E-state index contributed by atoms with van der Waals surface area (Å²) < 4.78 is 26.6. The Kier molecular flexibility index (Phi) is 9.54. The summed E-state index contributed by atoms with van der Waals surface area (Å²) in [5.74, 6) is 0. The molecular formula is C15H15ClN4O3S2. The van der Waals surface area contributed by atoms with Gasteiger partial charge >= 0.3 is 10.1 Å². The number of allylic oxidation sites excluding steroid dienone is 5. The number of nitrogens with zero attached hydrogens (tertiary/aromatic N) is 4. The minimum absolute atomic E-state index is 0.129. The van der Waals surface area contributed by atoms with Crippen LogP contribution in [0.15, 0.2) is 56.2 Å². The van der Waals surface area contributed by atoms with E-state index in [4.69, 9.17) is 22.1 Å². The smallest absolute Gasteiger partial charge is 0.268 e. The summed E-state index contributed by atoms with van der Waals surface area (Å²) in [5, 5.41) is 21.6. The number of oxime groups is 1. The van der Waals surface area contributed by atoms with Gasteiger partial charge in [0.15, 0.2) is 0 Å². The van der Waals surface area contributed by atoms with Gasteiger partial charge in [0.05, 0.1) is 17.7 Å². The Labute approximate surface area is 157 Å². The second-order valence-corrected chi connectivity index (χ2v) is 7.18. The summed E-state index contributed by atoms with van der Waals surface area (Å²) in [5.41, 5.74) is 0.0400. The van der Waals surface area contributed by atoms with Gasteiger partial charge in [-0.15, -0.1) is 12.6 Å². The van der Waals surface area contributed by atoms with E-state index in [0.717, 1.165) is 12.3 Å². The Morgan fingerprint density at radius 3 is 2.24 bits per heavy atom. The predicted molar refractivity (Wildman–Crippen MR) is 102 cm³/mol. The third kappa shape index (κ3) is 10.2. The summed E-state index contributed by atoms with van der Waals surface area (Å²) in [6.07, 6.45) is 4.94. The molecule has 0 amide bonds. The molecule has 0 saturated carbocycles. The van der Waals surface area contributed by atoms with E-state index in [0.29, 0.717) is 15.6 Å². The van der Waals surface area contributed by atoms with E-state index >= 15 is 0 Å². The maximum atomic E-state index is 11.1. The van der Waals surface area contributed by atoms with Crippen molar-refractivity contribution in [2.24, 2.45) is 10.1 Å². The number of hydrogen-bond acceptors (Lipinski definition) is 8. The number of nitriles is 2. The van der Waals surface area contributed by atoms with Crippen LogP contribution in [-0.2, 0) is 14.4 Å². The van der Waals surface area contributed by atoms with Gasteiger partial charge in [0, 0.05) is 9.94 Å². The first-order valence-electron chi connectivity index (χ1n) is 6.46. The van der Waals surface area contributed by atoms with Crippen LogP contribution in [0.1, 0.15) is 13.8 Å². The topological polar surface area (TPSA) is 116 Å². The van der Waals surface area contributed by atoms with Gasteiger partial charge in [0.1, 0.15) is 23.4 Å². The lowest BCUT2D eigenvalue weighted by atomic mass is 10.1. The van der Waals surface area contributed by atoms with Crippen LogP contribution in [0.5, 0.6) is 0 Å². The zero-order valence-electron chi connectivity index (χ0n) is 13.7. The molecule has 0 radical (unpaired) electrons.